The van der Waals surface area contributed by atoms with Gasteiger partial charge in [-0.05, 0) is 13.0 Å². The number of nitrogens with two attached hydrogens (primary N) is 1. The Kier molecular flexibility index (Phi) is 1.65. The molecule has 0 atom stereocenters. The van der Waals surface area contributed by atoms with Crippen LogP contribution in [-0.4, -0.2) is 4.98 Å². The Bertz CT molecular complexity index is 200. The van der Waals surface area contributed by atoms with Gasteiger partial charge in [0.05, 0.1) is 0 Å². The zero-order valence-electron chi connectivity index (χ0n) is 5.16. The molecule has 0 spiro atoms. The smallest absolute Gasteiger partial charge is 0.240 e. The van der Waals surface area contributed by atoms with Crippen LogP contribution in [0.5, 0.6) is 5.88 Å². The van der Waals surface area contributed by atoms with Gasteiger partial charge in [0, 0.05) is 11.8 Å². The first-order valence-electron chi connectivity index (χ1n) is 2.63. The molecule has 3 nitrogen and oxygen atoms in total. The van der Waals surface area contributed by atoms with E-state index in [1.807, 2.05) is 19.1 Å². The van der Waals surface area contributed by atoms with Gasteiger partial charge in [-0.3, -0.25) is 0 Å². The maximum absolute atomic E-state index is 4.89. The minimum Gasteiger partial charge on any atom is -0.391 e. The molecule has 0 aliphatic heterocycles. The van der Waals surface area contributed by atoms with Crippen LogP contribution in [0.2, 0.25) is 0 Å². The molecule has 0 aromatic carbocycles. The first kappa shape index (κ1) is 6.04. The summed E-state index contributed by atoms with van der Waals surface area (Å²) in [5, 5.41) is 0. The van der Waals surface area contributed by atoms with Crippen molar-refractivity contribution in [2.45, 2.75) is 6.92 Å². The largest absolute Gasteiger partial charge is 0.391 e. The molecule has 1 aromatic heterocycles. The average molecular weight is 124 g/mol. The van der Waals surface area contributed by atoms with E-state index in [2.05, 4.69) is 9.82 Å². The molecule has 0 amide bonds. The zero-order chi connectivity index (χ0) is 6.69. The van der Waals surface area contributed by atoms with Crippen LogP contribution in [0.25, 0.3) is 0 Å². The highest BCUT2D eigenvalue weighted by Crippen LogP contribution is 2.09. The van der Waals surface area contributed by atoms with E-state index < -0.39 is 0 Å². The first-order chi connectivity index (χ1) is 4.34. The van der Waals surface area contributed by atoms with Crippen molar-refractivity contribution in [3.63, 3.8) is 0 Å². The summed E-state index contributed by atoms with van der Waals surface area (Å²) in [6.45, 7) is 1.88. The second kappa shape index (κ2) is 2.46. The van der Waals surface area contributed by atoms with Crippen molar-refractivity contribution in [2.24, 2.45) is 5.90 Å². The van der Waals surface area contributed by atoms with Gasteiger partial charge in [0.1, 0.15) is 0 Å². The fourth-order valence-corrected chi connectivity index (χ4v) is 0.595. The van der Waals surface area contributed by atoms with Gasteiger partial charge in [-0.25, -0.2) is 4.98 Å². The molecule has 0 fully saturated rings. The summed E-state index contributed by atoms with van der Waals surface area (Å²) in [4.78, 5) is 8.28. The molecule has 0 aliphatic carbocycles. The summed E-state index contributed by atoms with van der Waals surface area (Å²) in [6.07, 6.45) is 1.63. The predicted octanol–water partition coefficient (Wildman–Crippen LogP) is 0.643. The van der Waals surface area contributed by atoms with E-state index in [4.69, 9.17) is 5.90 Å². The molecule has 9 heavy (non-hydrogen) atoms. The van der Waals surface area contributed by atoms with Crippen molar-refractivity contribution in [2.75, 3.05) is 0 Å². The summed E-state index contributed by atoms with van der Waals surface area (Å²) in [5.41, 5.74) is 0.944. The molecular formula is C6H8N2O. The fourth-order valence-electron chi connectivity index (χ4n) is 0.595. The van der Waals surface area contributed by atoms with Crippen LogP contribution < -0.4 is 10.7 Å². The van der Waals surface area contributed by atoms with E-state index in [1.165, 1.54) is 0 Å². The molecule has 2 N–H and O–H groups in total. The minimum absolute atomic E-state index is 0.484. The molecule has 3 heteroatoms. The van der Waals surface area contributed by atoms with Crippen LogP contribution in [0.4, 0.5) is 0 Å². The van der Waals surface area contributed by atoms with Crippen LogP contribution in [0.1, 0.15) is 5.56 Å². The minimum atomic E-state index is 0.484. The summed E-state index contributed by atoms with van der Waals surface area (Å²) < 4.78 is 0. The first-order valence-corrected chi connectivity index (χ1v) is 2.63. The van der Waals surface area contributed by atoms with E-state index in [9.17, 15) is 0 Å². The molecular weight excluding hydrogens is 116 g/mol. The standard InChI is InChI=1S/C6H8N2O/c1-5-3-2-4-8-6(5)9-7/h2-4H,7H2,1H3. The Morgan fingerprint density at radius 2 is 2.44 bits per heavy atom. The van der Waals surface area contributed by atoms with Gasteiger partial charge in [0.15, 0.2) is 0 Å². The number of aromatic nitrogens is 1. The molecule has 0 saturated carbocycles. The number of hydrogen-bond donors (Lipinski definition) is 1. The number of nitrogens with zero attached hydrogens (tertiary/aromatic N) is 1. The quantitative estimate of drug-likeness (QED) is 0.559. The normalized spacial score (nSPS) is 9.11. The van der Waals surface area contributed by atoms with E-state index in [0.29, 0.717) is 5.88 Å². The molecule has 0 bridgehead atoms. The van der Waals surface area contributed by atoms with Crippen molar-refractivity contribution in [1.29, 1.82) is 0 Å². The molecule has 1 heterocycles. The summed E-state index contributed by atoms with van der Waals surface area (Å²) >= 11 is 0. The topological polar surface area (TPSA) is 48.1 Å². The fraction of sp³-hybridized carbons (Fsp3) is 0.167. The van der Waals surface area contributed by atoms with Crippen LogP contribution in [-0.2, 0) is 0 Å². The SMILES string of the molecule is Cc1cccnc1ON. The molecule has 0 radical (unpaired) electrons. The maximum atomic E-state index is 4.89. The van der Waals surface area contributed by atoms with Gasteiger partial charge in [0.2, 0.25) is 5.88 Å². The number of rotatable bonds is 1. The van der Waals surface area contributed by atoms with Crippen LogP contribution >= 0.6 is 0 Å². The van der Waals surface area contributed by atoms with Crippen LogP contribution in [0, 0.1) is 6.92 Å². The molecule has 0 aliphatic rings. The Morgan fingerprint density at radius 3 is 2.89 bits per heavy atom. The van der Waals surface area contributed by atoms with Gasteiger partial charge < -0.3 is 4.84 Å². The Balaban J connectivity index is 3.01. The molecule has 0 saturated heterocycles. The molecule has 48 valence electrons. The van der Waals surface area contributed by atoms with Gasteiger partial charge in [-0.2, -0.15) is 5.90 Å². The van der Waals surface area contributed by atoms with Crippen molar-refractivity contribution in [3.05, 3.63) is 23.9 Å². The number of aryl methyl sites for hydroxylation is 1. The van der Waals surface area contributed by atoms with Crippen LogP contribution in [0.15, 0.2) is 18.3 Å². The summed E-state index contributed by atoms with van der Waals surface area (Å²) in [5.74, 6) is 5.37. The molecule has 0 unspecified atom stereocenters. The summed E-state index contributed by atoms with van der Waals surface area (Å²) in [6, 6.07) is 3.72. The van der Waals surface area contributed by atoms with Crippen molar-refractivity contribution >= 4 is 0 Å². The number of hydrogen-bond acceptors (Lipinski definition) is 3. The summed E-state index contributed by atoms with van der Waals surface area (Å²) in [7, 11) is 0. The van der Waals surface area contributed by atoms with Gasteiger partial charge in [0.25, 0.3) is 0 Å². The second-order valence-corrected chi connectivity index (χ2v) is 1.74. The molecule has 1 rings (SSSR count). The van der Waals surface area contributed by atoms with E-state index in [0.717, 1.165) is 5.56 Å². The maximum Gasteiger partial charge on any atom is 0.240 e. The third-order valence-corrected chi connectivity index (χ3v) is 1.07. The zero-order valence-corrected chi connectivity index (χ0v) is 5.16. The lowest BCUT2D eigenvalue weighted by Gasteiger charge is -1.97. The highest BCUT2D eigenvalue weighted by atomic mass is 16.6. The highest BCUT2D eigenvalue weighted by molar-refractivity contribution is 5.22. The van der Waals surface area contributed by atoms with Crippen molar-refractivity contribution < 1.29 is 4.84 Å². The van der Waals surface area contributed by atoms with Crippen molar-refractivity contribution in [1.82, 2.24) is 4.98 Å². The second-order valence-electron chi connectivity index (χ2n) is 1.74. The third kappa shape index (κ3) is 1.17. The Morgan fingerprint density at radius 1 is 1.67 bits per heavy atom. The van der Waals surface area contributed by atoms with Gasteiger partial charge >= 0.3 is 0 Å². The molecule has 1 aromatic rings. The monoisotopic (exact) mass is 124 g/mol. The Hall–Kier alpha value is -1.09. The Labute approximate surface area is 53.4 Å². The van der Waals surface area contributed by atoms with E-state index in [-0.39, 0.29) is 0 Å². The van der Waals surface area contributed by atoms with Crippen molar-refractivity contribution in [3.8, 4) is 5.88 Å². The van der Waals surface area contributed by atoms with E-state index in [1.54, 1.807) is 6.20 Å². The lowest BCUT2D eigenvalue weighted by Crippen LogP contribution is -2.04. The lowest BCUT2D eigenvalue weighted by atomic mass is 10.3. The van der Waals surface area contributed by atoms with Gasteiger partial charge in [-0.1, -0.05) is 6.07 Å². The van der Waals surface area contributed by atoms with E-state index >= 15 is 0 Å². The highest BCUT2D eigenvalue weighted by Gasteiger charge is 1.93. The number of pyridine rings is 1. The predicted molar refractivity (Wildman–Crippen MR) is 33.8 cm³/mol. The average Bonchev–Trinajstić information content (AvgIpc) is 1.89. The van der Waals surface area contributed by atoms with Crippen LogP contribution in [0.3, 0.4) is 0 Å². The van der Waals surface area contributed by atoms with Gasteiger partial charge in [-0.15, -0.1) is 0 Å². The lowest BCUT2D eigenvalue weighted by molar-refractivity contribution is 0.318. The third-order valence-electron chi connectivity index (χ3n) is 1.07.